The van der Waals surface area contributed by atoms with Crippen molar-refractivity contribution in [1.29, 1.82) is 0 Å². The van der Waals surface area contributed by atoms with E-state index in [1.165, 1.54) is 12.1 Å². The molecule has 2 heterocycles. The molecular formula is C29H33FN2O4. The number of halogens is 1. The minimum absolute atomic E-state index is 0.00793. The van der Waals surface area contributed by atoms with Gasteiger partial charge in [0.05, 0.1) is 6.04 Å². The van der Waals surface area contributed by atoms with E-state index in [0.29, 0.717) is 24.5 Å². The molecule has 1 aliphatic heterocycles. The van der Waals surface area contributed by atoms with Gasteiger partial charge in [-0.25, -0.2) is 4.39 Å². The zero-order valence-electron chi connectivity index (χ0n) is 21.4. The summed E-state index contributed by atoms with van der Waals surface area (Å²) in [6.07, 6.45) is 0.704. The van der Waals surface area contributed by atoms with Gasteiger partial charge >= 0.3 is 0 Å². The summed E-state index contributed by atoms with van der Waals surface area (Å²) in [6, 6.07) is 15.1. The first-order chi connectivity index (χ1) is 17.0. The molecule has 36 heavy (non-hydrogen) atoms. The van der Waals surface area contributed by atoms with Crippen LogP contribution in [0.5, 0.6) is 5.75 Å². The van der Waals surface area contributed by atoms with Crippen molar-refractivity contribution in [2.75, 3.05) is 6.54 Å². The minimum atomic E-state index is -0.573. The Morgan fingerprint density at radius 2 is 1.92 bits per heavy atom. The van der Waals surface area contributed by atoms with E-state index >= 15 is 0 Å². The van der Waals surface area contributed by atoms with Gasteiger partial charge in [0.15, 0.2) is 5.76 Å². The molecule has 3 aromatic rings. The predicted molar refractivity (Wildman–Crippen MR) is 135 cm³/mol. The number of furan rings is 1. The normalized spacial score (nSPS) is 15.5. The highest BCUT2D eigenvalue weighted by atomic mass is 19.1. The smallest absolute Gasteiger partial charge is 0.287 e. The second-order valence-electron chi connectivity index (χ2n) is 10.5. The lowest BCUT2D eigenvalue weighted by molar-refractivity contribution is -0.141. The van der Waals surface area contributed by atoms with Crippen molar-refractivity contribution in [1.82, 2.24) is 10.2 Å². The molecule has 6 nitrogen and oxygen atoms in total. The molecule has 0 spiro atoms. The van der Waals surface area contributed by atoms with Crippen LogP contribution < -0.4 is 10.1 Å². The highest BCUT2D eigenvalue weighted by Crippen LogP contribution is 2.39. The Kier molecular flexibility index (Phi) is 7.20. The zero-order chi connectivity index (χ0) is 26.0. The molecule has 0 radical (unpaired) electrons. The van der Waals surface area contributed by atoms with Gasteiger partial charge in [-0.15, -0.1) is 0 Å². The maximum Gasteiger partial charge on any atom is 0.287 e. The molecule has 4 rings (SSSR count). The Morgan fingerprint density at radius 3 is 2.61 bits per heavy atom. The van der Waals surface area contributed by atoms with Crippen molar-refractivity contribution >= 4 is 11.8 Å². The fourth-order valence-corrected chi connectivity index (χ4v) is 4.43. The number of carbonyl (C=O) groups is 2. The maximum absolute atomic E-state index is 14.2. The highest BCUT2D eigenvalue weighted by molar-refractivity contribution is 5.91. The summed E-state index contributed by atoms with van der Waals surface area (Å²) in [5.41, 5.74) is 2.16. The van der Waals surface area contributed by atoms with E-state index in [0.717, 1.165) is 16.7 Å². The third-order valence-electron chi connectivity index (χ3n) is 6.10. The number of carbonyl (C=O) groups excluding carboxylic acids is 2. The summed E-state index contributed by atoms with van der Waals surface area (Å²) >= 11 is 0. The van der Waals surface area contributed by atoms with Crippen LogP contribution in [0.4, 0.5) is 4.39 Å². The van der Waals surface area contributed by atoms with Gasteiger partial charge in [0.1, 0.15) is 23.9 Å². The van der Waals surface area contributed by atoms with Gasteiger partial charge in [-0.05, 0) is 73.4 Å². The van der Waals surface area contributed by atoms with Gasteiger partial charge in [0.25, 0.3) is 5.91 Å². The summed E-state index contributed by atoms with van der Waals surface area (Å²) < 4.78 is 25.8. The van der Waals surface area contributed by atoms with Gasteiger partial charge < -0.3 is 19.4 Å². The molecule has 0 aliphatic carbocycles. The van der Waals surface area contributed by atoms with Gasteiger partial charge in [0, 0.05) is 18.0 Å². The number of rotatable bonds is 6. The lowest BCUT2D eigenvalue weighted by atomic mass is 9.85. The van der Waals surface area contributed by atoms with Gasteiger partial charge in [-0.1, -0.05) is 39.0 Å². The van der Waals surface area contributed by atoms with Crippen LogP contribution in [0, 0.1) is 11.2 Å². The van der Waals surface area contributed by atoms with E-state index in [9.17, 15) is 14.0 Å². The second-order valence-corrected chi connectivity index (χ2v) is 10.5. The van der Waals surface area contributed by atoms with Crippen molar-refractivity contribution in [3.05, 3.63) is 88.6 Å². The second kappa shape index (κ2) is 10.2. The standard InChI is InChI=1S/C29H33FN2O4/c1-18(2)31-27(33)25-12-11-23(36-25)17-35-22-10-9-19-13-14-32(28(34)29(3,4)5)26(24(19)16-22)20-7-6-8-21(30)15-20/h6-12,15-16,18,26H,13-14,17H2,1-5H3,(H,31,33)/t26-/m1/s1. The monoisotopic (exact) mass is 492 g/mol. The number of nitrogens with zero attached hydrogens (tertiary/aromatic N) is 1. The van der Waals surface area contributed by atoms with Crippen LogP contribution in [-0.4, -0.2) is 29.3 Å². The Hall–Kier alpha value is -3.61. The number of hydrogen-bond acceptors (Lipinski definition) is 4. The van der Waals surface area contributed by atoms with Crippen molar-refractivity contribution in [2.45, 2.75) is 59.7 Å². The van der Waals surface area contributed by atoms with Crippen LogP contribution in [0.1, 0.15) is 73.7 Å². The molecular weight excluding hydrogens is 459 g/mol. The molecule has 7 heteroatoms. The van der Waals surface area contributed by atoms with Crippen LogP contribution >= 0.6 is 0 Å². The Labute approximate surface area is 211 Å². The van der Waals surface area contributed by atoms with Gasteiger partial charge in [0.2, 0.25) is 5.91 Å². The lowest BCUT2D eigenvalue weighted by Crippen LogP contribution is -2.45. The largest absolute Gasteiger partial charge is 0.486 e. The molecule has 0 unspecified atom stereocenters. The van der Waals surface area contributed by atoms with Crippen molar-refractivity contribution < 1.29 is 23.1 Å². The molecule has 0 saturated heterocycles. The van der Waals surface area contributed by atoms with Crippen LogP contribution in [0.3, 0.4) is 0 Å². The zero-order valence-corrected chi connectivity index (χ0v) is 21.4. The fourth-order valence-electron chi connectivity index (χ4n) is 4.43. The summed E-state index contributed by atoms with van der Waals surface area (Å²) in [5, 5.41) is 2.80. The molecule has 0 bridgehead atoms. The SMILES string of the molecule is CC(C)NC(=O)c1ccc(COc2ccc3c(c2)[C@@H](c2cccc(F)c2)N(C(=O)C(C)(C)C)CC3)o1. The summed E-state index contributed by atoms with van der Waals surface area (Å²) in [6.45, 7) is 10.1. The number of amides is 2. The van der Waals surface area contributed by atoms with Crippen LogP contribution in [-0.2, 0) is 17.8 Å². The third kappa shape index (κ3) is 5.61. The average molecular weight is 493 g/mol. The average Bonchev–Trinajstić information content (AvgIpc) is 3.29. The molecule has 190 valence electrons. The first-order valence-electron chi connectivity index (χ1n) is 12.2. The summed E-state index contributed by atoms with van der Waals surface area (Å²) in [4.78, 5) is 27.4. The van der Waals surface area contributed by atoms with E-state index in [4.69, 9.17) is 9.15 Å². The van der Waals surface area contributed by atoms with E-state index in [2.05, 4.69) is 5.32 Å². The molecule has 2 aromatic carbocycles. The van der Waals surface area contributed by atoms with Crippen molar-refractivity contribution in [2.24, 2.45) is 5.41 Å². The van der Waals surface area contributed by atoms with Crippen molar-refractivity contribution in [3.8, 4) is 5.75 Å². The number of benzene rings is 2. The van der Waals surface area contributed by atoms with E-state index in [-0.39, 0.29) is 36.0 Å². The van der Waals surface area contributed by atoms with E-state index in [1.807, 2.05) is 63.8 Å². The lowest BCUT2D eigenvalue weighted by Gasteiger charge is -2.41. The maximum atomic E-state index is 14.2. The van der Waals surface area contributed by atoms with Crippen molar-refractivity contribution in [3.63, 3.8) is 0 Å². The molecule has 1 N–H and O–H groups in total. The molecule has 0 saturated carbocycles. The van der Waals surface area contributed by atoms with Crippen LogP contribution in [0.2, 0.25) is 0 Å². The summed E-state index contributed by atoms with van der Waals surface area (Å²) in [5.74, 6) is 0.751. The first-order valence-corrected chi connectivity index (χ1v) is 12.2. The number of hydrogen-bond donors (Lipinski definition) is 1. The Balaban J connectivity index is 1.61. The minimum Gasteiger partial charge on any atom is -0.486 e. The third-order valence-corrected chi connectivity index (χ3v) is 6.10. The molecule has 1 aliphatic rings. The molecule has 0 fully saturated rings. The quantitative estimate of drug-likeness (QED) is 0.482. The van der Waals surface area contributed by atoms with Crippen LogP contribution in [0.15, 0.2) is 59.0 Å². The first kappa shape index (κ1) is 25.5. The number of fused-ring (bicyclic) bond motifs is 1. The predicted octanol–water partition coefficient (Wildman–Crippen LogP) is 5.66. The number of ether oxygens (including phenoxy) is 1. The summed E-state index contributed by atoms with van der Waals surface area (Å²) in [7, 11) is 0. The van der Waals surface area contributed by atoms with Crippen LogP contribution in [0.25, 0.3) is 0 Å². The molecule has 2 amide bonds. The Morgan fingerprint density at radius 1 is 1.14 bits per heavy atom. The topological polar surface area (TPSA) is 71.8 Å². The van der Waals surface area contributed by atoms with E-state index < -0.39 is 11.5 Å². The van der Waals surface area contributed by atoms with E-state index in [1.54, 1.807) is 18.2 Å². The molecule has 1 aromatic heterocycles. The van der Waals surface area contributed by atoms with Gasteiger partial charge in [-0.3, -0.25) is 9.59 Å². The van der Waals surface area contributed by atoms with Gasteiger partial charge in [-0.2, -0.15) is 0 Å². The number of nitrogens with one attached hydrogen (secondary N) is 1. The Bertz CT molecular complexity index is 1260. The molecule has 1 atom stereocenters. The fraction of sp³-hybridized carbons (Fsp3) is 0.379. The highest BCUT2D eigenvalue weighted by Gasteiger charge is 2.37.